The van der Waals surface area contributed by atoms with E-state index in [-0.39, 0.29) is 18.4 Å². The van der Waals surface area contributed by atoms with Gasteiger partial charge in [-0.3, -0.25) is 0 Å². The van der Waals surface area contributed by atoms with E-state index in [1.807, 2.05) is 0 Å². The molecule has 0 spiro atoms. The van der Waals surface area contributed by atoms with Gasteiger partial charge >= 0.3 is 0 Å². The Kier molecular flexibility index (Phi) is 2.87. The summed E-state index contributed by atoms with van der Waals surface area (Å²) < 4.78 is 0. The first-order chi connectivity index (χ1) is 5.25. The molecule has 0 bridgehead atoms. The number of aliphatic hydroxyl groups excluding tert-OH is 1. The molecule has 0 saturated heterocycles. The van der Waals surface area contributed by atoms with Crippen LogP contribution in [0.4, 0.5) is 0 Å². The predicted octanol–water partition coefficient (Wildman–Crippen LogP) is 0.836. The highest BCUT2D eigenvalue weighted by atomic mass is 32.1. The third kappa shape index (κ3) is 1.92. The lowest BCUT2D eigenvalue weighted by Gasteiger charge is -2.06. The van der Waals surface area contributed by atoms with Gasteiger partial charge in [-0.05, 0) is 17.9 Å². The summed E-state index contributed by atoms with van der Waals surface area (Å²) in [7, 11) is 0. The van der Waals surface area contributed by atoms with E-state index in [2.05, 4.69) is 0 Å². The SMILES string of the molecule is N[C@H](CCO)c1sccc1O. The van der Waals surface area contributed by atoms with Gasteiger partial charge < -0.3 is 15.9 Å². The lowest BCUT2D eigenvalue weighted by Crippen LogP contribution is -2.10. The van der Waals surface area contributed by atoms with Crippen molar-refractivity contribution < 1.29 is 10.2 Å². The fraction of sp³-hybridized carbons (Fsp3) is 0.429. The molecule has 3 nitrogen and oxygen atoms in total. The Bertz CT molecular complexity index is 224. The summed E-state index contributed by atoms with van der Waals surface area (Å²) in [5.41, 5.74) is 5.64. The molecule has 1 atom stereocenters. The maximum Gasteiger partial charge on any atom is 0.131 e. The number of hydrogen-bond acceptors (Lipinski definition) is 4. The molecule has 0 amide bonds. The van der Waals surface area contributed by atoms with Gasteiger partial charge in [0.2, 0.25) is 0 Å². The third-order valence-electron chi connectivity index (χ3n) is 1.45. The van der Waals surface area contributed by atoms with Crippen LogP contribution in [0.5, 0.6) is 5.75 Å². The second-order valence-electron chi connectivity index (χ2n) is 2.29. The van der Waals surface area contributed by atoms with E-state index in [1.54, 1.807) is 11.4 Å². The van der Waals surface area contributed by atoms with Crippen molar-refractivity contribution in [2.45, 2.75) is 12.5 Å². The Morgan fingerprint density at radius 1 is 1.64 bits per heavy atom. The zero-order valence-corrected chi connectivity index (χ0v) is 6.84. The van der Waals surface area contributed by atoms with Crippen LogP contribution in [0.3, 0.4) is 0 Å². The molecule has 0 radical (unpaired) electrons. The van der Waals surface area contributed by atoms with Crippen molar-refractivity contribution in [3.63, 3.8) is 0 Å². The zero-order valence-electron chi connectivity index (χ0n) is 6.03. The molecular formula is C7H11NO2S. The van der Waals surface area contributed by atoms with E-state index >= 15 is 0 Å². The Morgan fingerprint density at radius 2 is 2.36 bits per heavy atom. The molecule has 0 aliphatic carbocycles. The van der Waals surface area contributed by atoms with Gasteiger partial charge in [0.25, 0.3) is 0 Å². The average Bonchev–Trinajstić information content (AvgIpc) is 2.36. The van der Waals surface area contributed by atoms with Gasteiger partial charge in [-0.2, -0.15) is 0 Å². The van der Waals surface area contributed by atoms with Gasteiger partial charge in [-0.15, -0.1) is 11.3 Å². The van der Waals surface area contributed by atoms with Crippen LogP contribution in [0.25, 0.3) is 0 Å². The van der Waals surface area contributed by atoms with Crippen molar-refractivity contribution in [2.24, 2.45) is 5.73 Å². The summed E-state index contributed by atoms with van der Waals surface area (Å²) in [5, 5.41) is 19.5. The van der Waals surface area contributed by atoms with Gasteiger partial charge in [0, 0.05) is 12.6 Å². The Hall–Kier alpha value is -0.580. The van der Waals surface area contributed by atoms with E-state index in [4.69, 9.17) is 10.8 Å². The van der Waals surface area contributed by atoms with E-state index in [1.165, 1.54) is 11.3 Å². The summed E-state index contributed by atoms with van der Waals surface area (Å²) in [6, 6.07) is 1.37. The standard InChI is InChI=1S/C7H11NO2S/c8-5(1-3-9)7-6(10)2-4-11-7/h2,4-5,9-10H,1,3,8H2/t5-/m1/s1. The minimum Gasteiger partial charge on any atom is -0.507 e. The van der Waals surface area contributed by atoms with Crippen molar-refractivity contribution >= 4 is 11.3 Å². The summed E-state index contributed by atoms with van der Waals surface area (Å²) in [6.07, 6.45) is 0.494. The first kappa shape index (κ1) is 8.52. The van der Waals surface area contributed by atoms with E-state index in [0.29, 0.717) is 6.42 Å². The molecule has 1 rings (SSSR count). The van der Waals surface area contributed by atoms with E-state index in [0.717, 1.165) is 4.88 Å². The van der Waals surface area contributed by atoms with Crippen LogP contribution in [-0.2, 0) is 0 Å². The second-order valence-corrected chi connectivity index (χ2v) is 3.24. The van der Waals surface area contributed by atoms with Crippen molar-refractivity contribution in [1.29, 1.82) is 0 Å². The number of thiophene rings is 1. The fourth-order valence-electron chi connectivity index (χ4n) is 0.862. The van der Waals surface area contributed by atoms with Gasteiger partial charge in [-0.25, -0.2) is 0 Å². The Labute approximate surface area is 69.1 Å². The molecule has 4 heteroatoms. The molecule has 11 heavy (non-hydrogen) atoms. The molecular weight excluding hydrogens is 162 g/mol. The first-order valence-corrected chi connectivity index (χ1v) is 4.26. The molecule has 0 aliphatic rings. The quantitative estimate of drug-likeness (QED) is 0.634. The maximum absolute atomic E-state index is 9.20. The number of rotatable bonds is 3. The van der Waals surface area contributed by atoms with Gasteiger partial charge in [-0.1, -0.05) is 0 Å². The van der Waals surface area contributed by atoms with Crippen LogP contribution < -0.4 is 5.73 Å². The first-order valence-electron chi connectivity index (χ1n) is 3.38. The fourth-order valence-corrected chi connectivity index (χ4v) is 1.69. The highest BCUT2D eigenvalue weighted by molar-refractivity contribution is 7.10. The van der Waals surface area contributed by atoms with Crippen molar-refractivity contribution in [2.75, 3.05) is 6.61 Å². The topological polar surface area (TPSA) is 66.5 Å². The van der Waals surface area contributed by atoms with Crippen LogP contribution in [-0.4, -0.2) is 16.8 Å². The Balaban J connectivity index is 2.67. The molecule has 1 aromatic heterocycles. The van der Waals surface area contributed by atoms with Gasteiger partial charge in [0.1, 0.15) is 5.75 Å². The summed E-state index contributed by atoms with van der Waals surface area (Å²) in [6.45, 7) is 0.0541. The summed E-state index contributed by atoms with van der Waals surface area (Å²) >= 11 is 1.41. The lowest BCUT2D eigenvalue weighted by atomic mass is 10.2. The number of hydrogen-bond donors (Lipinski definition) is 3. The summed E-state index contributed by atoms with van der Waals surface area (Å²) in [4.78, 5) is 0.749. The minimum absolute atomic E-state index is 0.0541. The van der Waals surface area contributed by atoms with E-state index < -0.39 is 0 Å². The van der Waals surface area contributed by atoms with Crippen LogP contribution in [0.2, 0.25) is 0 Å². The highest BCUT2D eigenvalue weighted by Crippen LogP contribution is 2.29. The molecule has 4 N–H and O–H groups in total. The normalized spacial score (nSPS) is 13.3. The number of nitrogens with two attached hydrogens (primary N) is 1. The lowest BCUT2D eigenvalue weighted by molar-refractivity contribution is 0.276. The van der Waals surface area contributed by atoms with Crippen LogP contribution >= 0.6 is 11.3 Å². The Morgan fingerprint density at radius 3 is 2.82 bits per heavy atom. The molecule has 1 aromatic rings. The highest BCUT2D eigenvalue weighted by Gasteiger charge is 2.10. The van der Waals surface area contributed by atoms with Crippen molar-refractivity contribution in [1.82, 2.24) is 0 Å². The smallest absolute Gasteiger partial charge is 0.131 e. The average molecular weight is 173 g/mol. The van der Waals surface area contributed by atoms with Crippen molar-refractivity contribution in [3.05, 3.63) is 16.3 Å². The van der Waals surface area contributed by atoms with Gasteiger partial charge in [0.15, 0.2) is 0 Å². The molecule has 62 valence electrons. The van der Waals surface area contributed by atoms with Crippen LogP contribution in [0.15, 0.2) is 11.4 Å². The minimum atomic E-state index is -0.236. The van der Waals surface area contributed by atoms with Gasteiger partial charge in [0.05, 0.1) is 4.88 Å². The molecule has 0 unspecified atom stereocenters. The monoisotopic (exact) mass is 173 g/mol. The largest absolute Gasteiger partial charge is 0.507 e. The molecule has 0 aromatic carbocycles. The van der Waals surface area contributed by atoms with E-state index in [9.17, 15) is 5.11 Å². The zero-order chi connectivity index (χ0) is 8.27. The molecule has 1 heterocycles. The second kappa shape index (κ2) is 3.71. The molecule has 0 saturated carbocycles. The number of aliphatic hydroxyl groups is 1. The third-order valence-corrected chi connectivity index (χ3v) is 2.49. The maximum atomic E-state index is 9.20. The van der Waals surface area contributed by atoms with Crippen molar-refractivity contribution in [3.8, 4) is 5.75 Å². The van der Waals surface area contributed by atoms with Crippen LogP contribution in [0.1, 0.15) is 17.3 Å². The molecule has 0 aliphatic heterocycles. The number of aromatic hydroxyl groups is 1. The van der Waals surface area contributed by atoms with Crippen LogP contribution in [0, 0.1) is 0 Å². The predicted molar refractivity (Wildman–Crippen MR) is 44.6 cm³/mol. The summed E-state index contributed by atoms with van der Waals surface area (Å²) in [5.74, 6) is 0.232. The molecule has 0 fully saturated rings.